The number of carbonyl (C=O) groups is 2. The molecule has 0 atom stereocenters. The first-order valence-corrected chi connectivity index (χ1v) is 6.71. The number of aromatic amines is 1. The zero-order valence-electron chi connectivity index (χ0n) is 11.6. The molecule has 1 aliphatic heterocycles. The van der Waals surface area contributed by atoms with Crippen molar-refractivity contribution in [3.63, 3.8) is 0 Å². The van der Waals surface area contributed by atoms with E-state index >= 15 is 0 Å². The number of nitrogens with zero attached hydrogens (tertiary/aromatic N) is 2. The molecule has 0 bridgehead atoms. The average molecular weight is 285 g/mol. The van der Waals surface area contributed by atoms with E-state index in [0.29, 0.717) is 18.8 Å². The Hall–Kier alpha value is -2.63. The number of aryl methyl sites for hydroxylation is 1. The van der Waals surface area contributed by atoms with Crippen LogP contribution < -0.4 is 0 Å². The minimum Gasteiger partial charge on any atom is -0.478 e. The second-order valence-electron chi connectivity index (χ2n) is 5.20. The first-order valence-electron chi connectivity index (χ1n) is 6.71. The summed E-state index contributed by atoms with van der Waals surface area (Å²) in [5, 5.41) is 15.8. The highest BCUT2D eigenvalue weighted by molar-refractivity contribution is 5.92. The smallest absolute Gasteiger partial charge is 0.335 e. The third kappa shape index (κ3) is 2.52. The van der Waals surface area contributed by atoms with Gasteiger partial charge in [-0.1, -0.05) is 6.07 Å². The second-order valence-corrected chi connectivity index (χ2v) is 5.20. The molecule has 1 amide bonds. The summed E-state index contributed by atoms with van der Waals surface area (Å²) >= 11 is 0. The van der Waals surface area contributed by atoms with E-state index in [0.717, 1.165) is 23.2 Å². The Labute approximate surface area is 121 Å². The second kappa shape index (κ2) is 5.05. The minimum absolute atomic E-state index is 0.134. The quantitative estimate of drug-likeness (QED) is 0.877. The lowest BCUT2D eigenvalue weighted by Crippen LogP contribution is -2.36. The van der Waals surface area contributed by atoms with Gasteiger partial charge in [0, 0.05) is 18.8 Å². The first kappa shape index (κ1) is 13.4. The van der Waals surface area contributed by atoms with Crippen LogP contribution in [-0.4, -0.2) is 38.6 Å². The van der Waals surface area contributed by atoms with Crippen molar-refractivity contribution < 1.29 is 14.7 Å². The lowest BCUT2D eigenvalue weighted by molar-refractivity contribution is 0.0696. The average Bonchev–Trinajstić information content (AvgIpc) is 2.91. The summed E-state index contributed by atoms with van der Waals surface area (Å²) in [6.07, 6.45) is 0.727. The number of carbonyl (C=O) groups excluding carboxylic acids is 1. The van der Waals surface area contributed by atoms with Crippen molar-refractivity contribution in [3.05, 3.63) is 52.3 Å². The number of aromatic carboxylic acids is 1. The van der Waals surface area contributed by atoms with Crippen LogP contribution in [0.5, 0.6) is 0 Å². The van der Waals surface area contributed by atoms with Gasteiger partial charge < -0.3 is 10.0 Å². The summed E-state index contributed by atoms with van der Waals surface area (Å²) in [5.74, 6) is -1.09. The van der Waals surface area contributed by atoms with Crippen molar-refractivity contribution in [1.82, 2.24) is 15.1 Å². The van der Waals surface area contributed by atoms with Gasteiger partial charge in [-0.05, 0) is 42.7 Å². The Morgan fingerprint density at radius 1 is 1.29 bits per heavy atom. The molecule has 2 aromatic rings. The van der Waals surface area contributed by atoms with Crippen LogP contribution in [-0.2, 0) is 13.0 Å². The normalized spacial score (nSPS) is 13.9. The highest BCUT2D eigenvalue weighted by Gasteiger charge is 2.24. The van der Waals surface area contributed by atoms with Crippen molar-refractivity contribution in [1.29, 1.82) is 0 Å². The number of H-pyrrole nitrogens is 1. The molecule has 2 N–H and O–H groups in total. The maximum atomic E-state index is 12.4. The van der Waals surface area contributed by atoms with Gasteiger partial charge in [0.1, 0.15) is 5.69 Å². The highest BCUT2D eigenvalue weighted by Crippen LogP contribution is 2.21. The topological polar surface area (TPSA) is 86.3 Å². The summed E-state index contributed by atoms with van der Waals surface area (Å²) in [6, 6.07) is 6.80. The number of rotatable bonds is 2. The zero-order valence-corrected chi connectivity index (χ0v) is 11.6. The maximum absolute atomic E-state index is 12.4. The number of amides is 1. The molecule has 1 aliphatic rings. The molecular weight excluding hydrogens is 270 g/mol. The van der Waals surface area contributed by atoms with E-state index in [1.165, 1.54) is 0 Å². The van der Waals surface area contributed by atoms with Crippen LogP contribution in [0.4, 0.5) is 0 Å². The predicted molar refractivity (Wildman–Crippen MR) is 75.2 cm³/mol. The number of hydrogen-bond acceptors (Lipinski definition) is 3. The van der Waals surface area contributed by atoms with E-state index in [9.17, 15) is 9.59 Å². The zero-order chi connectivity index (χ0) is 15.0. The van der Waals surface area contributed by atoms with E-state index in [1.807, 2.05) is 13.0 Å². The molecule has 0 unspecified atom stereocenters. The van der Waals surface area contributed by atoms with Gasteiger partial charge in [0.15, 0.2) is 0 Å². The van der Waals surface area contributed by atoms with Crippen molar-refractivity contribution in [3.8, 4) is 0 Å². The molecule has 0 fully saturated rings. The lowest BCUT2D eigenvalue weighted by atomic mass is 9.97. The van der Waals surface area contributed by atoms with Gasteiger partial charge in [-0.2, -0.15) is 5.10 Å². The molecule has 2 heterocycles. The van der Waals surface area contributed by atoms with Crippen LogP contribution in [0.3, 0.4) is 0 Å². The Morgan fingerprint density at radius 3 is 2.76 bits per heavy atom. The van der Waals surface area contributed by atoms with Crippen LogP contribution in [0.15, 0.2) is 24.3 Å². The number of nitrogens with one attached hydrogen (secondary N) is 1. The number of hydrogen-bond donors (Lipinski definition) is 2. The third-order valence-electron chi connectivity index (χ3n) is 3.68. The summed E-state index contributed by atoms with van der Waals surface area (Å²) in [6.45, 7) is 2.87. The van der Waals surface area contributed by atoms with Gasteiger partial charge in [-0.25, -0.2) is 4.79 Å². The largest absolute Gasteiger partial charge is 0.478 e. The van der Waals surface area contributed by atoms with Crippen LogP contribution >= 0.6 is 0 Å². The third-order valence-corrected chi connectivity index (χ3v) is 3.68. The summed E-state index contributed by atoms with van der Waals surface area (Å²) in [7, 11) is 0. The molecule has 108 valence electrons. The molecule has 21 heavy (non-hydrogen) atoms. The van der Waals surface area contributed by atoms with Crippen LogP contribution in [0.2, 0.25) is 0 Å². The van der Waals surface area contributed by atoms with Gasteiger partial charge in [-0.3, -0.25) is 9.89 Å². The van der Waals surface area contributed by atoms with Gasteiger partial charge in [0.05, 0.1) is 5.56 Å². The summed E-state index contributed by atoms with van der Waals surface area (Å²) in [5.41, 5.74) is 3.47. The fourth-order valence-corrected chi connectivity index (χ4v) is 2.55. The van der Waals surface area contributed by atoms with E-state index in [2.05, 4.69) is 10.2 Å². The molecule has 0 saturated carbocycles. The molecule has 1 aromatic heterocycles. The SMILES string of the molecule is Cc1cc(C(=O)N2CCc3ccc(C(=O)O)cc3C2)n[nH]1. The molecule has 0 radical (unpaired) electrons. The molecule has 0 aliphatic carbocycles. The molecule has 6 nitrogen and oxygen atoms in total. The fraction of sp³-hybridized carbons (Fsp3) is 0.267. The van der Waals surface area contributed by atoms with E-state index in [4.69, 9.17) is 5.11 Å². The Morgan fingerprint density at radius 2 is 2.10 bits per heavy atom. The Bertz CT molecular complexity index is 721. The summed E-state index contributed by atoms with van der Waals surface area (Å²) in [4.78, 5) is 25.1. The number of benzene rings is 1. The maximum Gasteiger partial charge on any atom is 0.335 e. The Kier molecular flexibility index (Phi) is 3.21. The number of carboxylic acids is 1. The van der Waals surface area contributed by atoms with E-state index in [-0.39, 0.29) is 11.5 Å². The molecule has 1 aromatic carbocycles. The molecule has 0 spiro atoms. The summed E-state index contributed by atoms with van der Waals surface area (Å²) < 4.78 is 0. The number of aromatic nitrogens is 2. The number of fused-ring (bicyclic) bond motifs is 1. The van der Waals surface area contributed by atoms with Crippen LogP contribution in [0, 0.1) is 6.92 Å². The first-order chi connectivity index (χ1) is 10.0. The molecule has 6 heteroatoms. The van der Waals surface area contributed by atoms with E-state index < -0.39 is 5.97 Å². The molecule has 0 saturated heterocycles. The fourth-order valence-electron chi connectivity index (χ4n) is 2.55. The number of carboxylic acid groups (broad SMARTS) is 1. The predicted octanol–water partition coefficient (Wildman–Crippen LogP) is 1.61. The lowest BCUT2D eigenvalue weighted by Gasteiger charge is -2.28. The molecule has 3 rings (SSSR count). The monoisotopic (exact) mass is 285 g/mol. The highest BCUT2D eigenvalue weighted by atomic mass is 16.4. The standard InChI is InChI=1S/C15H15N3O3/c1-9-6-13(17-16-9)14(19)18-5-4-10-2-3-11(15(20)21)7-12(10)8-18/h2-3,6-7H,4-5,8H2,1H3,(H,16,17)(H,20,21). The van der Waals surface area contributed by atoms with Crippen LogP contribution in [0.1, 0.15) is 37.7 Å². The van der Waals surface area contributed by atoms with Gasteiger partial charge in [0.25, 0.3) is 5.91 Å². The minimum atomic E-state index is -0.954. The van der Waals surface area contributed by atoms with E-state index in [1.54, 1.807) is 23.1 Å². The van der Waals surface area contributed by atoms with Crippen molar-refractivity contribution in [2.45, 2.75) is 19.9 Å². The van der Waals surface area contributed by atoms with Gasteiger partial charge in [0.2, 0.25) is 0 Å². The van der Waals surface area contributed by atoms with Gasteiger partial charge in [-0.15, -0.1) is 0 Å². The van der Waals surface area contributed by atoms with Crippen molar-refractivity contribution in [2.75, 3.05) is 6.54 Å². The van der Waals surface area contributed by atoms with Crippen LogP contribution in [0.25, 0.3) is 0 Å². The van der Waals surface area contributed by atoms with Crippen molar-refractivity contribution >= 4 is 11.9 Å². The van der Waals surface area contributed by atoms with Gasteiger partial charge >= 0.3 is 5.97 Å². The Balaban J connectivity index is 1.84. The molecular formula is C15H15N3O3. The van der Waals surface area contributed by atoms with Crippen molar-refractivity contribution in [2.24, 2.45) is 0 Å².